The topological polar surface area (TPSA) is 62.2 Å². The van der Waals surface area contributed by atoms with E-state index in [1.54, 1.807) is 0 Å². The fraction of sp³-hybridized carbons (Fsp3) is 1.00. The van der Waals surface area contributed by atoms with Crippen LogP contribution in [0, 0.1) is 0 Å². The molecular formula is C30H63N2O4P. The highest BCUT2D eigenvalue weighted by molar-refractivity contribution is 7.47. The first kappa shape index (κ1) is 35.1. The van der Waals surface area contributed by atoms with Crippen LogP contribution < -0.4 is 0 Å². The summed E-state index contributed by atoms with van der Waals surface area (Å²) in [6.45, 7) is 12.4. The molecule has 0 aromatic rings. The molecule has 1 atom stereocenters. The summed E-state index contributed by atoms with van der Waals surface area (Å²) in [7, 11) is -3.94. The van der Waals surface area contributed by atoms with Gasteiger partial charge in [-0.05, 0) is 38.8 Å². The first-order valence-corrected chi connectivity index (χ1v) is 17.6. The van der Waals surface area contributed by atoms with Gasteiger partial charge >= 0.3 is 7.82 Å². The first-order chi connectivity index (χ1) is 18.0. The largest absolute Gasteiger partial charge is 0.472 e. The molecule has 1 saturated heterocycles. The van der Waals surface area contributed by atoms with Crippen LogP contribution in [0.15, 0.2) is 0 Å². The molecule has 1 aliphatic heterocycles. The molecule has 1 unspecified atom stereocenters. The summed E-state index contributed by atoms with van der Waals surface area (Å²) in [6, 6.07) is 0.715. The summed E-state index contributed by atoms with van der Waals surface area (Å²) in [5.74, 6) is 0. The molecule has 0 amide bonds. The van der Waals surface area contributed by atoms with Crippen LogP contribution in [0.3, 0.4) is 0 Å². The van der Waals surface area contributed by atoms with E-state index < -0.39 is 7.82 Å². The molecule has 37 heavy (non-hydrogen) atoms. The standard InChI is InChI=1S/C30H63N2O4P/c1-4-7-10-13-14-15-16-19-28-35-37(33,34)36-29-27-31-23-20-24-32(26-25-31)30(21-17-11-8-5-2)22-18-12-9-6-3/h30H,4-29H2,1-3H3,(H,33,34). The molecule has 1 fully saturated rings. The first-order valence-electron chi connectivity index (χ1n) is 16.1. The van der Waals surface area contributed by atoms with E-state index in [2.05, 4.69) is 30.6 Å². The Kier molecular flexibility index (Phi) is 22.6. The molecule has 0 aromatic carbocycles. The van der Waals surface area contributed by atoms with Crippen LogP contribution in [0.5, 0.6) is 0 Å². The van der Waals surface area contributed by atoms with Crippen LogP contribution >= 0.6 is 7.82 Å². The third-order valence-electron chi connectivity index (χ3n) is 7.84. The van der Waals surface area contributed by atoms with Gasteiger partial charge < -0.3 is 4.89 Å². The zero-order chi connectivity index (χ0) is 27.0. The molecule has 1 aliphatic rings. The summed E-state index contributed by atoms with van der Waals surface area (Å²) in [4.78, 5) is 15.2. The summed E-state index contributed by atoms with van der Waals surface area (Å²) in [5.41, 5.74) is 0. The Morgan fingerprint density at radius 2 is 1.16 bits per heavy atom. The van der Waals surface area contributed by atoms with Crippen molar-refractivity contribution in [2.75, 3.05) is 45.9 Å². The maximum absolute atomic E-state index is 12.3. The second-order valence-corrected chi connectivity index (χ2v) is 12.6. The molecule has 6 nitrogen and oxygen atoms in total. The Bertz CT molecular complexity index is 540. The van der Waals surface area contributed by atoms with E-state index in [-0.39, 0.29) is 6.61 Å². The Morgan fingerprint density at radius 1 is 0.649 bits per heavy atom. The second-order valence-electron chi connectivity index (χ2n) is 11.2. The lowest BCUT2D eigenvalue weighted by Gasteiger charge is -2.31. The summed E-state index contributed by atoms with van der Waals surface area (Å²) in [5, 5.41) is 0. The van der Waals surface area contributed by atoms with Gasteiger partial charge in [0.2, 0.25) is 0 Å². The Hall–Kier alpha value is 0.0300. The molecule has 0 radical (unpaired) electrons. The van der Waals surface area contributed by atoms with Crippen molar-refractivity contribution in [2.24, 2.45) is 0 Å². The number of hydrogen-bond donors (Lipinski definition) is 1. The van der Waals surface area contributed by atoms with Crippen molar-refractivity contribution < 1.29 is 18.5 Å². The molecule has 1 rings (SSSR count). The van der Waals surface area contributed by atoms with Crippen LogP contribution in [0.1, 0.15) is 143 Å². The molecule has 1 heterocycles. The Morgan fingerprint density at radius 3 is 1.76 bits per heavy atom. The van der Waals surface area contributed by atoms with Crippen LogP contribution in [-0.4, -0.2) is 66.7 Å². The normalized spacial score (nSPS) is 17.3. The van der Waals surface area contributed by atoms with Crippen molar-refractivity contribution in [2.45, 2.75) is 149 Å². The van der Waals surface area contributed by atoms with Crippen molar-refractivity contribution in [3.63, 3.8) is 0 Å². The van der Waals surface area contributed by atoms with Gasteiger partial charge in [0.15, 0.2) is 0 Å². The number of rotatable bonds is 25. The Balaban J connectivity index is 2.26. The smallest absolute Gasteiger partial charge is 0.302 e. The minimum absolute atomic E-state index is 0.253. The van der Waals surface area contributed by atoms with E-state index in [4.69, 9.17) is 9.05 Å². The number of nitrogens with zero attached hydrogens (tertiary/aromatic N) is 2. The van der Waals surface area contributed by atoms with Crippen molar-refractivity contribution in [3.05, 3.63) is 0 Å². The molecule has 0 bridgehead atoms. The minimum Gasteiger partial charge on any atom is -0.302 e. The zero-order valence-corrected chi connectivity index (χ0v) is 25.9. The maximum Gasteiger partial charge on any atom is 0.472 e. The molecule has 0 spiro atoms. The van der Waals surface area contributed by atoms with E-state index in [9.17, 15) is 9.46 Å². The van der Waals surface area contributed by atoms with Gasteiger partial charge in [-0.25, -0.2) is 4.57 Å². The summed E-state index contributed by atoms with van der Waals surface area (Å²) >= 11 is 0. The monoisotopic (exact) mass is 546 g/mol. The van der Waals surface area contributed by atoms with Crippen molar-refractivity contribution in [1.82, 2.24) is 9.80 Å². The quantitative estimate of drug-likeness (QED) is 0.0914. The summed E-state index contributed by atoms with van der Waals surface area (Å²) in [6.07, 6.45) is 24.1. The molecule has 1 N–H and O–H groups in total. The highest BCUT2D eigenvalue weighted by Gasteiger charge is 2.24. The molecule has 7 heteroatoms. The molecule has 222 valence electrons. The van der Waals surface area contributed by atoms with Crippen LogP contribution in [0.4, 0.5) is 0 Å². The van der Waals surface area contributed by atoms with Gasteiger partial charge in [-0.2, -0.15) is 0 Å². The molecular weight excluding hydrogens is 483 g/mol. The highest BCUT2D eigenvalue weighted by atomic mass is 31.2. The predicted molar refractivity (Wildman–Crippen MR) is 158 cm³/mol. The van der Waals surface area contributed by atoms with Gasteiger partial charge in [-0.15, -0.1) is 0 Å². The number of unbranched alkanes of at least 4 members (excludes halogenated alkanes) is 13. The van der Waals surface area contributed by atoms with E-state index in [0.717, 1.165) is 38.9 Å². The lowest BCUT2D eigenvalue weighted by atomic mass is 9.99. The molecule has 0 saturated carbocycles. The average Bonchev–Trinajstić information content (AvgIpc) is 3.12. The summed E-state index contributed by atoms with van der Waals surface area (Å²) < 4.78 is 22.8. The maximum atomic E-state index is 12.3. The van der Waals surface area contributed by atoms with Crippen molar-refractivity contribution in [3.8, 4) is 0 Å². The van der Waals surface area contributed by atoms with Crippen LogP contribution in [-0.2, 0) is 13.6 Å². The van der Waals surface area contributed by atoms with Gasteiger partial charge in [0.05, 0.1) is 13.2 Å². The average molecular weight is 547 g/mol. The van der Waals surface area contributed by atoms with E-state index in [0.29, 0.717) is 19.2 Å². The third kappa shape index (κ3) is 19.7. The zero-order valence-electron chi connectivity index (χ0n) is 25.0. The van der Waals surface area contributed by atoms with Crippen LogP contribution in [0.2, 0.25) is 0 Å². The minimum atomic E-state index is -3.94. The number of phosphoric ester groups is 1. The molecule has 0 aromatic heterocycles. The fourth-order valence-electron chi connectivity index (χ4n) is 5.44. The van der Waals surface area contributed by atoms with Gasteiger partial charge in [-0.1, -0.05) is 117 Å². The Labute approximate surface area is 230 Å². The third-order valence-corrected chi connectivity index (χ3v) is 8.85. The van der Waals surface area contributed by atoms with Crippen molar-refractivity contribution in [1.29, 1.82) is 0 Å². The predicted octanol–water partition coefficient (Wildman–Crippen LogP) is 8.58. The molecule has 0 aliphatic carbocycles. The fourth-order valence-corrected chi connectivity index (χ4v) is 6.19. The van der Waals surface area contributed by atoms with Gasteiger partial charge in [-0.3, -0.25) is 18.8 Å². The van der Waals surface area contributed by atoms with Gasteiger partial charge in [0.1, 0.15) is 0 Å². The van der Waals surface area contributed by atoms with Crippen molar-refractivity contribution >= 4 is 7.82 Å². The van der Waals surface area contributed by atoms with E-state index in [1.165, 1.54) is 109 Å². The SMILES string of the molecule is CCCCCCCCCCOP(=O)(O)OCCN1CCCN(C(CCCCCC)CCCCCC)CC1. The van der Waals surface area contributed by atoms with Gasteiger partial charge in [0, 0.05) is 25.7 Å². The highest BCUT2D eigenvalue weighted by Crippen LogP contribution is 2.43. The van der Waals surface area contributed by atoms with Gasteiger partial charge in [0.25, 0.3) is 0 Å². The van der Waals surface area contributed by atoms with E-state index >= 15 is 0 Å². The lowest BCUT2D eigenvalue weighted by Crippen LogP contribution is -2.39. The van der Waals surface area contributed by atoms with E-state index in [1.807, 2.05) is 0 Å². The number of phosphoric acid groups is 1. The second kappa shape index (κ2) is 23.9. The van der Waals surface area contributed by atoms with Crippen LogP contribution in [0.25, 0.3) is 0 Å². The lowest BCUT2D eigenvalue weighted by molar-refractivity contribution is 0.128. The number of hydrogen-bond acceptors (Lipinski definition) is 5.